The molecule has 8 aliphatic carbocycles. The molecule has 0 aromatic carbocycles. The van der Waals surface area contributed by atoms with Gasteiger partial charge >= 0.3 is 0 Å². The van der Waals surface area contributed by atoms with Crippen LogP contribution in [-0.2, 0) is 19.2 Å². The maximum Gasteiger partial charge on any atom is 0.190 e. The Bertz CT molecular complexity index is 1740. The van der Waals surface area contributed by atoms with Crippen LogP contribution in [0.5, 0.6) is 0 Å². The highest BCUT2D eigenvalue weighted by Crippen LogP contribution is 2.72. The molecule has 12 heteroatoms. The van der Waals surface area contributed by atoms with Crippen molar-refractivity contribution in [2.45, 2.75) is 128 Å². The Morgan fingerprint density at radius 3 is 1.32 bits per heavy atom. The molecule has 0 aliphatic heterocycles. The van der Waals surface area contributed by atoms with Crippen LogP contribution in [0.4, 0.5) is 8.78 Å². The van der Waals surface area contributed by atoms with Gasteiger partial charge in [0.05, 0.1) is 12.2 Å². The van der Waals surface area contributed by atoms with Crippen LogP contribution in [0, 0.1) is 57.2 Å². The van der Waals surface area contributed by atoms with Gasteiger partial charge in [0.1, 0.15) is 24.4 Å². The van der Waals surface area contributed by atoms with E-state index in [1.807, 2.05) is 0 Å². The Kier molecular flexibility index (Phi) is 9.53. The summed E-state index contributed by atoms with van der Waals surface area (Å²) < 4.78 is 33.7. The zero-order valence-corrected chi connectivity index (χ0v) is 33.2. The van der Waals surface area contributed by atoms with Crippen molar-refractivity contribution in [2.24, 2.45) is 57.2 Å². The van der Waals surface area contributed by atoms with Gasteiger partial charge in [0, 0.05) is 33.5 Å². The highest BCUT2D eigenvalue weighted by molar-refractivity contribution is 6.02. The molecule has 8 aliphatic rings. The molecule has 0 amide bonds. The second kappa shape index (κ2) is 12.9. The number of carbonyl (C=O) groups excluding carboxylic acids is 4. The average Bonchev–Trinajstić information content (AvgIpc) is 3.48. The molecular formula is C44H58F2O10. The monoisotopic (exact) mass is 784 g/mol. The fraction of sp³-hybridized carbons (Fsp3) is 0.727. The lowest BCUT2D eigenvalue weighted by molar-refractivity contribution is -0.219. The summed E-state index contributed by atoms with van der Waals surface area (Å²) in [5, 5.41) is 63.9. The Morgan fingerprint density at radius 2 is 1.00 bits per heavy atom. The molecule has 6 fully saturated rings. The number of hydrogen-bond acceptors (Lipinski definition) is 10. The number of aliphatic hydroxyl groups is 6. The van der Waals surface area contributed by atoms with E-state index >= 15 is 8.78 Å². The van der Waals surface area contributed by atoms with Crippen molar-refractivity contribution in [3.63, 3.8) is 0 Å². The molecule has 0 unspecified atom stereocenters. The number of allylic oxidation sites excluding steroid dienone is 8. The smallest absolute Gasteiger partial charge is 0.190 e. The van der Waals surface area contributed by atoms with Gasteiger partial charge in [0.2, 0.25) is 0 Å². The number of carbonyl (C=O) groups is 4. The largest absolute Gasteiger partial charge is 0.390 e. The van der Waals surface area contributed by atoms with Crippen LogP contribution in [-0.4, -0.2) is 102 Å². The lowest BCUT2D eigenvalue weighted by Gasteiger charge is -2.62. The Morgan fingerprint density at radius 1 is 0.661 bits per heavy atom. The molecule has 0 spiro atoms. The number of ketones is 4. The molecule has 0 aromatic rings. The van der Waals surface area contributed by atoms with E-state index in [-0.39, 0.29) is 36.2 Å². The van der Waals surface area contributed by atoms with Gasteiger partial charge in [-0.05, 0) is 113 Å². The van der Waals surface area contributed by atoms with Crippen LogP contribution in [0.3, 0.4) is 0 Å². The molecule has 0 bridgehead atoms. The van der Waals surface area contributed by atoms with E-state index in [9.17, 15) is 49.8 Å². The number of rotatable bonds is 4. The standard InChI is InChI=1S/2C22H29FO5/c2*1-12-8-16-15-5-4-13-9-14(25)6-7-19(13,2)21(15,23)17(26)10-20(16,3)22(12,28)18(27)11-24/h2*6-7,9,12,15-17,24,26,28H,4-5,8,10-11H2,1-3H3/t2*12-,15+,16+,17+,19+,20+,21+,22+/m11/s1. The minimum Gasteiger partial charge on any atom is -0.390 e. The molecule has 0 aromatic heterocycles. The first-order valence-corrected chi connectivity index (χ1v) is 20.3. The van der Waals surface area contributed by atoms with Gasteiger partial charge in [-0.15, -0.1) is 0 Å². The Balaban J connectivity index is 0.000000172. The van der Waals surface area contributed by atoms with Crippen LogP contribution in [0.25, 0.3) is 0 Å². The summed E-state index contributed by atoms with van der Waals surface area (Å²) in [6.45, 7) is 8.96. The van der Waals surface area contributed by atoms with Gasteiger partial charge in [-0.3, -0.25) is 19.2 Å². The number of alkyl halides is 2. The zero-order valence-electron chi connectivity index (χ0n) is 33.2. The van der Waals surface area contributed by atoms with E-state index < -0.39 is 105 Å². The van der Waals surface area contributed by atoms with Crippen molar-refractivity contribution < 1.29 is 58.6 Å². The second-order valence-electron chi connectivity index (χ2n) is 19.5. The summed E-state index contributed by atoms with van der Waals surface area (Å²) >= 11 is 0. The van der Waals surface area contributed by atoms with Gasteiger partial charge in [-0.25, -0.2) is 8.78 Å². The van der Waals surface area contributed by atoms with Crippen molar-refractivity contribution in [3.8, 4) is 0 Å². The third kappa shape index (κ3) is 4.74. The Hall–Kier alpha value is -2.74. The summed E-state index contributed by atoms with van der Waals surface area (Å²) in [5.41, 5.74) is -10.3. The number of hydrogen-bond donors (Lipinski definition) is 6. The number of Topliss-reactive ketones (excluding diaryl/α,β-unsaturated/α-hetero) is 2. The van der Waals surface area contributed by atoms with Crippen LogP contribution < -0.4 is 0 Å². The predicted octanol–water partition coefficient (Wildman–Crippen LogP) is 3.79. The third-order valence-corrected chi connectivity index (χ3v) is 17.6. The average molecular weight is 785 g/mol. The highest BCUT2D eigenvalue weighted by atomic mass is 19.1. The van der Waals surface area contributed by atoms with Crippen molar-refractivity contribution >= 4 is 23.1 Å². The summed E-state index contributed by atoms with van der Waals surface area (Å²) in [7, 11) is 0. The number of halogens is 2. The van der Waals surface area contributed by atoms with Crippen molar-refractivity contribution in [3.05, 3.63) is 47.6 Å². The molecule has 10 nitrogen and oxygen atoms in total. The van der Waals surface area contributed by atoms with E-state index in [2.05, 4.69) is 0 Å². The van der Waals surface area contributed by atoms with Crippen molar-refractivity contribution in [1.82, 2.24) is 0 Å². The molecule has 6 saturated carbocycles. The van der Waals surface area contributed by atoms with E-state index in [1.165, 1.54) is 24.3 Å². The first-order chi connectivity index (χ1) is 25.9. The normalized spacial score (nSPS) is 52.5. The van der Waals surface area contributed by atoms with E-state index in [4.69, 9.17) is 0 Å². The molecular weight excluding hydrogens is 726 g/mol. The van der Waals surface area contributed by atoms with Gasteiger partial charge in [-0.2, -0.15) is 0 Å². The molecule has 0 heterocycles. The number of fused-ring (bicyclic) bond motifs is 10. The molecule has 0 radical (unpaired) electrons. The Labute approximate surface area is 326 Å². The minimum atomic E-state index is -1.98. The van der Waals surface area contributed by atoms with Crippen molar-refractivity contribution in [2.75, 3.05) is 13.2 Å². The summed E-state index contributed by atoms with van der Waals surface area (Å²) in [5.74, 6) is -4.24. The summed E-state index contributed by atoms with van der Waals surface area (Å²) in [6, 6.07) is 0. The van der Waals surface area contributed by atoms with Gasteiger partial charge in [0.15, 0.2) is 34.5 Å². The summed E-state index contributed by atoms with van der Waals surface area (Å²) in [6.07, 6.45) is 8.88. The third-order valence-electron chi connectivity index (χ3n) is 17.6. The minimum absolute atomic E-state index is 0.0676. The lowest BCUT2D eigenvalue weighted by Crippen LogP contribution is -2.69. The van der Waals surface area contributed by atoms with Crippen LogP contribution in [0.15, 0.2) is 47.6 Å². The first kappa shape index (κ1) is 41.4. The summed E-state index contributed by atoms with van der Waals surface area (Å²) in [4.78, 5) is 48.8. The second-order valence-corrected chi connectivity index (χ2v) is 19.5. The van der Waals surface area contributed by atoms with Crippen molar-refractivity contribution in [1.29, 1.82) is 0 Å². The van der Waals surface area contributed by atoms with Crippen LogP contribution in [0.2, 0.25) is 0 Å². The maximum absolute atomic E-state index is 16.9. The van der Waals surface area contributed by atoms with Gasteiger partial charge in [-0.1, -0.05) is 51.0 Å². The van der Waals surface area contributed by atoms with E-state index in [1.54, 1.807) is 53.7 Å². The van der Waals surface area contributed by atoms with Gasteiger partial charge in [0.25, 0.3) is 0 Å². The molecule has 308 valence electrons. The van der Waals surface area contributed by atoms with Crippen LogP contribution >= 0.6 is 0 Å². The molecule has 16 atom stereocenters. The topological polar surface area (TPSA) is 190 Å². The molecule has 6 N–H and O–H groups in total. The van der Waals surface area contributed by atoms with E-state index in [0.29, 0.717) is 49.7 Å². The van der Waals surface area contributed by atoms with Gasteiger partial charge < -0.3 is 30.6 Å². The lowest BCUT2D eigenvalue weighted by atomic mass is 9.44. The zero-order chi connectivity index (χ0) is 41.4. The molecule has 0 saturated heterocycles. The maximum atomic E-state index is 16.9. The predicted molar refractivity (Wildman–Crippen MR) is 200 cm³/mol. The fourth-order valence-electron chi connectivity index (χ4n) is 14.5. The SMILES string of the molecule is C[C@@H]1C[C@H]2[C@@H]3CCC4=CC(=O)C=C[C@]4(C)[C@@]3(F)[C@@H](O)C[C@]2(C)[C@@]1(O)C(=O)CO.C[C@@H]1C[C@H]2[C@@H]3CCC4=CC(=O)C=C[C@]4(C)[C@@]3(F)[C@@H](O)C[C@]2(C)[C@@]1(O)C(=O)CO. The molecule has 8 rings (SSSR count). The van der Waals surface area contributed by atoms with Crippen LogP contribution in [0.1, 0.15) is 92.9 Å². The first-order valence-electron chi connectivity index (χ1n) is 20.3. The highest BCUT2D eigenvalue weighted by Gasteiger charge is 2.77. The van der Waals surface area contributed by atoms with E-state index in [0.717, 1.165) is 0 Å². The quantitative estimate of drug-likeness (QED) is 0.245. The molecule has 56 heavy (non-hydrogen) atoms. The number of aliphatic hydroxyl groups excluding tert-OH is 4. The fourth-order valence-corrected chi connectivity index (χ4v) is 14.5.